The standard InChI is InChI=1S/C24H34N6O3/c1-26(2)12-9-17-10-13-29(14-11-17)23-25-21-20(22(31)28(4)24(32)27(21)3)30(23)16-18-7-6-8-19(15-18)33-5/h6-8,15,17H,9-14,16H2,1-5H3. The number of aryl methyl sites for hydroxylation is 1. The molecular formula is C24H34N6O3. The highest BCUT2D eigenvalue weighted by Crippen LogP contribution is 2.28. The summed E-state index contributed by atoms with van der Waals surface area (Å²) < 4.78 is 9.97. The number of imidazole rings is 1. The second-order valence-corrected chi connectivity index (χ2v) is 9.25. The van der Waals surface area contributed by atoms with Crippen molar-refractivity contribution in [2.24, 2.45) is 20.0 Å². The number of ether oxygens (including phenoxy) is 1. The van der Waals surface area contributed by atoms with E-state index in [1.54, 1.807) is 14.2 Å². The predicted molar refractivity (Wildman–Crippen MR) is 130 cm³/mol. The average Bonchev–Trinajstić information content (AvgIpc) is 3.19. The van der Waals surface area contributed by atoms with E-state index in [1.165, 1.54) is 18.0 Å². The van der Waals surface area contributed by atoms with E-state index in [4.69, 9.17) is 9.72 Å². The summed E-state index contributed by atoms with van der Waals surface area (Å²) in [6.45, 7) is 3.33. The number of methoxy groups -OCH3 is 1. The Morgan fingerprint density at radius 2 is 1.85 bits per heavy atom. The third kappa shape index (κ3) is 4.55. The summed E-state index contributed by atoms with van der Waals surface area (Å²) >= 11 is 0. The van der Waals surface area contributed by atoms with Crippen LogP contribution < -0.4 is 20.9 Å². The molecule has 0 aliphatic carbocycles. The number of anilines is 1. The quantitative estimate of drug-likeness (QED) is 0.540. The van der Waals surface area contributed by atoms with Gasteiger partial charge in [-0.25, -0.2) is 4.79 Å². The van der Waals surface area contributed by atoms with Gasteiger partial charge >= 0.3 is 5.69 Å². The van der Waals surface area contributed by atoms with Crippen molar-refractivity contribution in [3.63, 3.8) is 0 Å². The molecule has 3 aromatic rings. The number of benzene rings is 1. The molecule has 0 spiro atoms. The Bertz CT molecular complexity index is 1250. The SMILES string of the molecule is COc1cccc(Cn2c(N3CCC(CCN(C)C)CC3)nc3c2c(=O)n(C)c(=O)n3C)c1. The van der Waals surface area contributed by atoms with E-state index in [0.29, 0.717) is 23.6 Å². The lowest BCUT2D eigenvalue weighted by atomic mass is 9.93. The van der Waals surface area contributed by atoms with Gasteiger partial charge in [0.1, 0.15) is 5.75 Å². The van der Waals surface area contributed by atoms with Crippen LogP contribution in [0.2, 0.25) is 0 Å². The van der Waals surface area contributed by atoms with Gasteiger partial charge < -0.3 is 14.5 Å². The molecule has 3 heterocycles. The van der Waals surface area contributed by atoms with Crippen LogP contribution >= 0.6 is 0 Å². The van der Waals surface area contributed by atoms with E-state index >= 15 is 0 Å². The fraction of sp³-hybridized carbons (Fsp3) is 0.542. The molecule has 0 atom stereocenters. The van der Waals surface area contributed by atoms with Crippen LogP contribution in [0.25, 0.3) is 11.2 Å². The summed E-state index contributed by atoms with van der Waals surface area (Å²) in [4.78, 5) is 35.1. The second-order valence-electron chi connectivity index (χ2n) is 9.25. The normalized spacial score (nSPS) is 15.0. The number of rotatable bonds is 7. The first-order chi connectivity index (χ1) is 15.8. The molecule has 1 aliphatic rings. The van der Waals surface area contributed by atoms with Crippen molar-refractivity contribution in [3.8, 4) is 5.75 Å². The second kappa shape index (κ2) is 9.43. The van der Waals surface area contributed by atoms with Crippen molar-refractivity contribution in [2.45, 2.75) is 25.8 Å². The van der Waals surface area contributed by atoms with Crippen molar-refractivity contribution in [1.82, 2.24) is 23.6 Å². The fourth-order valence-corrected chi connectivity index (χ4v) is 4.64. The minimum Gasteiger partial charge on any atom is -0.497 e. The van der Waals surface area contributed by atoms with E-state index < -0.39 is 0 Å². The molecule has 1 aromatic carbocycles. The first-order valence-corrected chi connectivity index (χ1v) is 11.5. The first-order valence-electron chi connectivity index (χ1n) is 11.5. The monoisotopic (exact) mass is 454 g/mol. The van der Waals surface area contributed by atoms with Gasteiger partial charge in [0.15, 0.2) is 11.2 Å². The molecule has 0 N–H and O–H groups in total. The number of hydrogen-bond donors (Lipinski definition) is 0. The van der Waals surface area contributed by atoms with Crippen LogP contribution in [0, 0.1) is 5.92 Å². The van der Waals surface area contributed by atoms with E-state index in [2.05, 4.69) is 23.9 Å². The Kier molecular flexibility index (Phi) is 6.60. The van der Waals surface area contributed by atoms with Crippen LogP contribution in [0.3, 0.4) is 0 Å². The zero-order valence-corrected chi connectivity index (χ0v) is 20.2. The van der Waals surface area contributed by atoms with Crippen molar-refractivity contribution in [1.29, 1.82) is 0 Å². The Morgan fingerprint density at radius 1 is 1.12 bits per heavy atom. The van der Waals surface area contributed by atoms with Gasteiger partial charge in [0.25, 0.3) is 5.56 Å². The molecule has 1 aliphatic heterocycles. The van der Waals surface area contributed by atoms with Crippen molar-refractivity contribution >= 4 is 17.1 Å². The zero-order chi connectivity index (χ0) is 23.7. The van der Waals surface area contributed by atoms with Gasteiger partial charge in [-0.2, -0.15) is 4.98 Å². The maximum atomic E-state index is 13.2. The highest BCUT2D eigenvalue weighted by Gasteiger charge is 2.26. The van der Waals surface area contributed by atoms with E-state index in [0.717, 1.165) is 54.3 Å². The molecule has 0 bridgehead atoms. The summed E-state index contributed by atoms with van der Waals surface area (Å²) in [5, 5.41) is 0. The van der Waals surface area contributed by atoms with E-state index in [-0.39, 0.29) is 11.2 Å². The Balaban J connectivity index is 1.75. The van der Waals surface area contributed by atoms with Gasteiger partial charge in [0.2, 0.25) is 5.95 Å². The first kappa shape index (κ1) is 23.1. The molecule has 33 heavy (non-hydrogen) atoms. The largest absolute Gasteiger partial charge is 0.497 e. The van der Waals surface area contributed by atoms with Crippen LogP contribution in [0.1, 0.15) is 24.8 Å². The third-order valence-electron chi connectivity index (χ3n) is 6.68. The summed E-state index contributed by atoms with van der Waals surface area (Å²) in [7, 11) is 9.05. The van der Waals surface area contributed by atoms with E-state index in [9.17, 15) is 9.59 Å². The number of nitrogens with zero attached hydrogens (tertiary/aromatic N) is 6. The lowest BCUT2D eigenvalue weighted by Crippen LogP contribution is -2.38. The molecule has 0 saturated carbocycles. The molecule has 0 radical (unpaired) electrons. The van der Waals surface area contributed by atoms with Crippen molar-refractivity contribution in [2.75, 3.05) is 45.7 Å². The van der Waals surface area contributed by atoms with Crippen molar-refractivity contribution in [3.05, 3.63) is 50.7 Å². The summed E-state index contributed by atoms with van der Waals surface area (Å²) in [6, 6.07) is 7.82. The molecule has 9 heteroatoms. The highest BCUT2D eigenvalue weighted by atomic mass is 16.5. The average molecular weight is 455 g/mol. The summed E-state index contributed by atoms with van der Waals surface area (Å²) in [6.07, 6.45) is 3.37. The maximum Gasteiger partial charge on any atom is 0.332 e. The lowest BCUT2D eigenvalue weighted by Gasteiger charge is -2.33. The maximum absolute atomic E-state index is 13.2. The Morgan fingerprint density at radius 3 is 2.52 bits per heavy atom. The van der Waals surface area contributed by atoms with Gasteiger partial charge in [-0.1, -0.05) is 12.1 Å². The Labute approximate surface area is 193 Å². The third-order valence-corrected chi connectivity index (χ3v) is 6.68. The molecule has 178 valence electrons. The molecule has 1 fully saturated rings. The number of aromatic nitrogens is 4. The van der Waals surface area contributed by atoms with E-state index in [1.807, 2.05) is 28.8 Å². The Hall–Kier alpha value is -3.07. The number of fused-ring (bicyclic) bond motifs is 1. The molecule has 1 saturated heterocycles. The topological polar surface area (TPSA) is 77.5 Å². The zero-order valence-electron chi connectivity index (χ0n) is 20.2. The van der Waals surface area contributed by atoms with Gasteiger partial charge in [-0.05, 0) is 63.5 Å². The minimum absolute atomic E-state index is 0.324. The van der Waals surface area contributed by atoms with Crippen molar-refractivity contribution < 1.29 is 4.74 Å². The van der Waals surface area contributed by atoms with Gasteiger partial charge in [0.05, 0.1) is 13.7 Å². The van der Waals surface area contributed by atoms with Gasteiger partial charge in [0, 0.05) is 27.2 Å². The molecule has 0 amide bonds. The van der Waals surface area contributed by atoms with Crippen LogP contribution in [0.15, 0.2) is 33.9 Å². The molecule has 4 rings (SSSR count). The number of piperidine rings is 1. The van der Waals surface area contributed by atoms with Crippen LogP contribution in [-0.2, 0) is 20.6 Å². The fourth-order valence-electron chi connectivity index (χ4n) is 4.64. The van der Waals surface area contributed by atoms with Gasteiger partial charge in [-0.15, -0.1) is 0 Å². The molecule has 9 nitrogen and oxygen atoms in total. The highest BCUT2D eigenvalue weighted by molar-refractivity contribution is 5.75. The van der Waals surface area contributed by atoms with Crippen LogP contribution in [0.5, 0.6) is 5.75 Å². The number of hydrogen-bond acceptors (Lipinski definition) is 6. The predicted octanol–water partition coefficient (Wildman–Crippen LogP) is 1.66. The van der Waals surface area contributed by atoms with Crippen LogP contribution in [0.4, 0.5) is 5.95 Å². The van der Waals surface area contributed by atoms with Crippen LogP contribution in [-0.4, -0.2) is 64.4 Å². The molecule has 2 aromatic heterocycles. The summed E-state index contributed by atoms with van der Waals surface area (Å²) in [5.41, 5.74) is 1.19. The lowest BCUT2D eigenvalue weighted by molar-refractivity contribution is 0.312. The molecule has 0 unspecified atom stereocenters. The molecular weight excluding hydrogens is 420 g/mol. The minimum atomic E-state index is -0.368. The summed E-state index contributed by atoms with van der Waals surface area (Å²) in [5.74, 6) is 2.20. The smallest absolute Gasteiger partial charge is 0.332 e. The van der Waals surface area contributed by atoms with Gasteiger partial charge in [-0.3, -0.25) is 18.5 Å².